The number of hydrogen-bond donors (Lipinski definition) is 4. The van der Waals surface area contributed by atoms with Crippen LogP contribution in [0.5, 0.6) is 0 Å². The van der Waals surface area contributed by atoms with E-state index in [1.165, 1.54) is 0 Å². The molecule has 0 saturated heterocycles. The van der Waals surface area contributed by atoms with E-state index in [2.05, 4.69) is 85.2 Å². The Morgan fingerprint density at radius 1 is 0.725 bits per heavy atom. The quantitative estimate of drug-likeness (QED) is 0.0229. The molecule has 0 aromatic carbocycles. The third-order valence-electron chi connectivity index (χ3n) is 8.08. The number of aliphatic hydroxyl groups excluding tert-OH is 2. The van der Waals surface area contributed by atoms with Crippen molar-refractivity contribution in [1.29, 1.82) is 0 Å². The van der Waals surface area contributed by atoms with Crippen LogP contribution < -0.4 is 5.32 Å². The number of rotatable bonds is 33. The second-order valence-electron chi connectivity index (χ2n) is 14.0. The molecule has 0 aromatic rings. The maximum Gasteiger partial charge on any atom is 0.472 e. The number of hydrogen-bond acceptors (Lipinski definition) is 6. The van der Waals surface area contributed by atoms with Crippen molar-refractivity contribution in [1.82, 2.24) is 5.32 Å². The molecule has 294 valence electrons. The first kappa shape index (κ1) is 48.9. The van der Waals surface area contributed by atoms with Gasteiger partial charge in [0, 0.05) is 6.42 Å². The second kappa shape index (κ2) is 32.5. The predicted molar refractivity (Wildman–Crippen MR) is 213 cm³/mol. The third-order valence-corrected chi connectivity index (χ3v) is 9.07. The van der Waals surface area contributed by atoms with Gasteiger partial charge in [-0.05, 0) is 90.4 Å². The van der Waals surface area contributed by atoms with E-state index < -0.39 is 32.7 Å². The minimum Gasteiger partial charge on any atom is -0.390 e. The number of quaternary nitrogens is 1. The molecule has 0 aliphatic carbocycles. The summed E-state index contributed by atoms with van der Waals surface area (Å²) >= 11 is 0. The van der Waals surface area contributed by atoms with Crippen molar-refractivity contribution >= 4 is 13.7 Å². The Morgan fingerprint density at radius 2 is 1.25 bits per heavy atom. The van der Waals surface area contributed by atoms with Gasteiger partial charge in [0.15, 0.2) is 0 Å². The van der Waals surface area contributed by atoms with Crippen molar-refractivity contribution in [2.45, 2.75) is 141 Å². The second-order valence-corrected chi connectivity index (χ2v) is 15.5. The van der Waals surface area contributed by atoms with Crippen molar-refractivity contribution < 1.29 is 38.0 Å². The SMILES string of the molecule is C/C=C/CC/C=C/CC/C=C/CCCC(O)C(O)C(COP(=O)(O)OCC[N+](C)(C)C)NC(=O)CCCCCCC/C=C\C/C=C\C/C=C\CC. The van der Waals surface area contributed by atoms with Gasteiger partial charge < -0.3 is 24.9 Å². The zero-order chi connectivity index (χ0) is 38.1. The normalized spacial score (nSPS) is 16.0. The van der Waals surface area contributed by atoms with E-state index in [0.29, 0.717) is 30.3 Å². The number of nitrogens with one attached hydrogen (secondary N) is 1. The summed E-state index contributed by atoms with van der Waals surface area (Å²) in [5, 5.41) is 24.5. The molecule has 0 saturated carbocycles. The van der Waals surface area contributed by atoms with Gasteiger partial charge in [-0.25, -0.2) is 4.57 Å². The fraction of sp³-hybridized carbons (Fsp3) is 0.683. The van der Waals surface area contributed by atoms with E-state index in [9.17, 15) is 24.5 Å². The van der Waals surface area contributed by atoms with Gasteiger partial charge in [0.2, 0.25) is 5.91 Å². The first-order valence-electron chi connectivity index (χ1n) is 19.4. The molecule has 0 bridgehead atoms. The van der Waals surface area contributed by atoms with Crippen molar-refractivity contribution in [2.75, 3.05) is 40.9 Å². The predicted octanol–water partition coefficient (Wildman–Crippen LogP) is 9.04. The van der Waals surface area contributed by atoms with Crippen molar-refractivity contribution in [3.63, 3.8) is 0 Å². The number of amides is 1. The van der Waals surface area contributed by atoms with Gasteiger partial charge in [0.05, 0.1) is 39.9 Å². The van der Waals surface area contributed by atoms with Crippen LogP contribution in [0.15, 0.2) is 72.9 Å². The lowest BCUT2D eigenvalue weighted by atomic mass is 10.0. The number of aliphatic hydroxyl groups is 2. The summed E-state index contributed by atoms with van der Waals surface area (Å²) in [7, 11) is 1.37. The lowest BCUT2D eigenvalue weighted by Gasteiger charge is -2.28. The van der Waals surface area contributed by atoms with E-state index in [0.717, 1.165) is 83.5 Å². The van der Waals surface area contributed by atoms with Crippen LogP contribution >= 0.6 is 7.82 Å². The van der Waals surface area contributed by atoms with Crippen LogP contribution in [0.4, 0.5) is 0 Å². The van der Waals surface area contributed by atoms with Gasteiger partial charge in [-0.15, -0.1) is 0 Å². The number of allylic oxidation sites excluding steroid dienone is 12. The Bertz CT molecular complexity index is 1080. The summed E-state index contributed by atoms with van der Waals surface area (Å²) in [6, 6.07) is -1.07. The highest BCUT2D eigenvalue weighted by Crippen LogP contribution is 2.43. The van der Waals surface area contributed by atoms with Crippen LogP contribution in [-0.4, -0.2) is 84.6 Å². The Hall–Kier alpha value is -2.10. The van der Waals surface area contributed by atoms with Crippen molar-refractivity contribution in [3.8, 4) is 0 Å². The Morgan fingerprint density at radius 3 is 1.88 bits per heavy atom. The minimum atomic E-state index is -4.43. The van der Waals surface area contributed by atoms with E-state index in [-0.39, 0.29) is 18.9 Å². The topological polar surface area (TPSA) is 125 Å². The molecule has 0 spiro atoms. The molecule has 0 aromatic heterocycles. The average Bonchev–Trinajstić information content (AvgIpc) is 3.07. The van der Waals surface area contributed by atoms with Gasteiger partial charge in [0.1, 0.15) is 19.3 Å². The molecule has 0 aliphatic rings. The Labute approximate surface area is 311 Å². The number of unbranched alkanes of at least 4 members (excludes halogenated alkanes) is 8. The number of carbonyl (C=O) groups is 1. The van der Waals surface area contributed by atoms with Gasteiger partial charge in [-0.1, -0.05) is 99.1 Å². The molecular weight excluding hydrogens is 663 g/mol. The number of phosphoric ester groups is 1. The third kappa shape index (κ3) is 33.5. The Balaban J connectivity index is 4.72. The van der Waals surface area contributed by atoms with E-state index >= 15 is 0 Å². The van der Waals surface area contributed by atoms with Crippen LogP contribution in [0.25, 0.3) is 0 Å². The summed E-state index contributed by atoms with van der Waals surface area (Å²) in [5.74, 6) is -0.298. The van der Waals surface area contributed by atoms with E-state index in [1.54, 1.807) is 0 Å². The Kier molecular flexibility index (Phi) is 31.2. The standard InChI is InChI=1S/C41H73N2O7P/c1-6-8-10-12-14-16-18-20-21-22-24-26-28-30-32-34-40(45)42-38(37-50-51(47,48)49-36-35-43(3,4)5)41(46)39(44)33-31-29-27-25-23-19-17-15-13-11-9-7-2/h7-10,14-17,20-21,25,27,38-39,41,44,46H,6,11-13,18-19,22-24,26,28-37H2,1-5H3,(H-,42,45,47,48)/p+1/b9-7+,10-8-,16-14-,17-15+,21-20-,27-25+. The number of likely N-dealkylation sites (N-methyl/N-ethyl adjacent to an activating group) is 1. The fourth-order valence-corrected chi connectivity index (χ4v) is 5.69. The lowest BCUT2D eigenvalue weighted by Crippen LogP contribution is -2.51. The fourth-order valence-electron chi connectivity index (χ4n) is 4.96. The molecule has 10 heteroatoms. The maximum absolute atomic E-state index is 12.8. The summed E-state index contributed by atoms with van der Waals surface area (Å²) in [4.78, 5) is 23.1. The molecule has 0 radical (unpaired) electrons. The molecule has 51 heavy (non-hydrogen) atoms. The molecule has 0 heterocycles. The zero-order valence-corrected chi connectivity index (χ0v) is 33.6. The van der Waals surface area contributed by atoms with Crippen molar-refractivity contribution in [3.05, 3.63) is 72.9 Å². The minimum absolute atomic E-state index is 0.00464. The average molecular weight is 738 g/mol. The van der Waals surface area contributed by atoms with E-state index in [4.69, 9.17) is 9.05 Å². The van der Waals surface area contributed by atoms with Crippen molar-refractivity contribution in [2.24, 2.45) is 0 Å². The molecule has 4 N–H and O–H groups in total. The number of phosphoric acid groups is 1. The van der Waals surface area contributed by atoms with Crippen LogP contribution in [0.1, 0.15) is 123 Å². The monoisotopic (exact) mass is 738 g/mol. The summed E-state index contributed by atoms with van der Waals surface area (Å²) in [6.45, 7) is 4.19. The maximum atomic E-state index is 12.8. The molecular formula is C41H74N2O7P+. The van der Waals surface area contributed by atoms with E-state index in [1.807, 2.05) is 28.1 Å². The molecule has 1 amide bonds. The lowest BCUT2D eigenvalue weighted by molar-refractivity contribution is -0.870. The van der Waals surface area contributed by atoms with Gasteiger partial charge in [-0.2, -0.15) is 0 Å². The largest absolute Gasteiger partial charge is 0.472 e. The summed E-state index contributed by atoms with van der Waals surface area (Å²) in [5.41, 5.74) is 0. The molecule has 0 rings (SSSR count). The molecule has 9 nitrogen and oxygen atoms in total. The first-order valence-corrected chi connectivity index (χ1v) is 20.8. The summed E-state index contributed by atoms with van der Waals surface area (Å²) < 4.78 is 23.4. The summed E-state index contributed by atoms with van der Waals surface area (Å²) in [6.07, 6.45) is 38.4. The molecule has 0 fully saturated rings. The van der Waals surface area contributed by atoms with Gasteiger partial charge in [-0.3, -0.25) is 13.8 Å². The number of carbonyl (C=O) groups excluding carboxylic acids is 1. The van der Waals surface area contributed by atoms with Crippen LogP contribution in [0.3, 0.4) is 0 Å². The first-order chi connectivity index (χ1) is 24.4. The van der Waals surface area contributed by atoms with Gasteiger partial charge in [0.25, 0.3) is 0 Å². The van der Waals surface area contributed by atoms with Crippen LogP contribution in [-0.2, 0) is 18.4 Å². The number of nitrogens with zero attached hydrogens (tertiary/aromatic N) is 1. The van der Waals surface area contributed by atoms with Gasteiger partial charge >= 0.3 is 7.82 Å². The molecule has 0 aliphatic heterocycles. The zero-order valence-electron chi connectivity index (χ0n) is 32.7. The van der Waals surface area contributed by atoms with Crippen LogP contribution in [0, 0.1) is 0 Å². The highest BCUT2D eigenvalue weighted by molar-refractivity contribution is 7.47. The molecule has 4 atom stereocenters. The highest BCUT2D eigenvalue weighted by atomic mass is 31.2. The smallest absolute Gasteiger partial charge is 0.390 e. The highest BCUT2D eigenvalue weighted by Gasteiger charge is 2.31. The van der Waals surface area contributed by atoms with Crippen LogP contribution in [0.2, 0.25) is 0 Å². The molecule has 4 unspecified atom stereocenters.